The van der Waals surface area contributed by atoms with Gasteiger partial charge in [-0.25, -0.2) is 4.39 Å². The lowest BCUT2D eigenvalue weighted by atomic mass is 10.0. The van der Waals surface area contributed by atoms with E-state index in [1.54, 1.807) is 17.0 Å². The molecule has 3 aromatic rings. The predicted molar refractivity (Wildman–Crippen MR) is 165 cm³/mol. The highest BCUT2D eigenvalue weighted by Crippen LogP contribution is 2.37. The Bertz CT molecular complexity index is 1570. The first kappa shape index (κ1) is 29.6. The summed E-state index contributed by atoms with van der Waals surface area (Å²) in [5.41, 5.74) is 2.80. The van der Waals surface area contributed by atoms with Crippen molar-refractivity contribution in [3.05, 3.63) is 59.8 Å². The van der Waals surface area contributed by atoms with Crippen molar-refractivity contribution >= 4 is 28.2 Å². The van der Waals surface area contributed by atoms with E-state index in [4.69, 9.17) is 19.4 Å². The summed E-state index contributed by atoms with van der Waals surface area (Å²) in [6, 6.07) is 13.7. The van der Waals surface area contributed by atoms with Gasteiger partial charge >= 0.3 is 6.01 Å². The predicted octanol–water partition coefficient (Wildman–Crippen LogP) is 4.30. The zero-order valence-corrected chi connectivity index (χ0v) is 24.7. The van der Waals surface area contributed by atoms with Crippen LogP contribution in [0.5, 0.6) is 11.8 Å². The number of rotatable bonds is 11. The summed E-state index contributed by atoms with van der Waals surface area (Å²) in [7, 11) is 0. The van der Waals surface area contributed by atoms with Gasteiger partial charge in [-0.15, -0.1) is 0 Å². The van der Waals surface area contributed by atoms with Gasteiger partial charge < -0.3 is 29.3 Å². The van der Waals surface area contributed by atoms with E-state index in [1.807, 2.05) is 18.2 Å². The Morgan fingerprint density at radius 3 is 2.82 bits per heavy atom. The highest BCUT2D eigenvalue weighted by Gasteiger charge is 2.33. The maximum atomic E-state index is 12.7. The molecule has 1 saturated heterocycles. The van der Waals surface area contributed by atoms with Crippen LogP contribution >= 0.6 is 0 Å². The van der Waals surface area contributed by atoms with E-state index in [0.29, 0.717) is 58.5 Å². The quantitative estimate of drug-likeness (QED) is 0.254. The summed E-state index contributed by atoms with van der Waals surface area (Å²) < 4.78 is 24.5. The van der Waals surface area contributed by atoms with Crippen molar-refractivity contribution in [1.82, 2.24) is 14.9 Å². The summed E-state index contributed by atoms with van der Waals surface area (Å²) in [6.45, 7) is 2.86. The largest absolute Gasteiger partial charge is 0.508 e. The molecule has 1 saturated carbocycles. The van der Waals surface area contributed by atoms with Gasteiger partial charge in [0.05, 0.1) is 50.1 Å². The van der Waals surface area contributed by atoms with E-state index in [9.17, 15) is 19.6 Å². The second-order valence-electron chi connectivity index (χ2n) is 11.4. The fraction of sp³-hybridized carbons (Fsp3) is 0.455. The normalized spacial score (nSPS) is 18.5. The number of allylic oxidation sites excluding steroid dienone is 1. The molecule has 3 heterocycles. The third-order valence-corrected chi connectivity index (χ3v) is 8.33. The number of benzene rings is 2. The standard InChI is InChI=1S/C33H37FN6O4/c34-12-3-7-31(42)40-16-15-39(21-24(40)10-13-35)32-28-11-14-38(30-20-25(41)19-23-5-1-2-6-27(23)30)22-29(28)36-33(37-32)44-18-4-17-43-26-8-9-26/h1-3,5-7,19-20,24,26,41H,4,8-12,14-18,21-22H2/b7-3+/t24-/m0/s1. The molecule has 6 rings (SSSR count). The van der Waals surface area contributed by atoms with Crippen molar-refractivity contribution in [2.24, 2.45) is 0 Å². The number of aromatic hydroxyl groups is 1. The first-order valence-corrected chi connectivity index (χ1v) is 15.3. The lowest BCUT2D eigenvalue weighted by Crippen LogP contribution is -2.55. The van der Waals surface area contributed by atoms with Crippen molar-refractivity contribution in [1.29, 1.82) is 5.26 Å². The second-order valence-corrected chi connectivity index (χ2v) is 11.4. The van der Waals surface area contributed by atoms with Crippen molar-refractivity contribution in [2.75, 3.05) is 55.9 Å². The van der Waals surface area contributed by atoms with Crippen LogP contribution in [-0.4, -0.2) is 84.1 Å². The number of aromatic nitrogens is 2. The first-order valence-electron chi connectivity index (χ1n) is 15.3. The maximum Gasteiger partial charge on any atom is 0.318 e. The summed E-state index contributed by atoms with van der Waals surface area (Å²) in [5.74, 6) is 0.676. The molecule has 1 atom stereocenters. The molecule has 1 aliphatic carbocycles. The third kappa shape index (κ3) is 6.70. The van der Waals surface area contributed by atoms with Gasteiger partial charge in [-0.3, -0.25) is 4.79 Å². The number of hydrogen-bond acceptors (Lipinski definition) is 9. The first-order chi connectivity index (χ1) is 21.5. The van der Waals surface area contributed by atoms with Crippen LogP contribution in [0.15, 0.2) is 48.6 Å². The van der Waals surface area contributed by atoms with Crippen LogP contribution in [0.1, 0.15) is 36.9 Å². The fourth-order valence-electron chi connectivity index (χ4n) is 6.02. The van der Waals surface area contributed by atoms with Gasteiger partial charge in [0, 0.05) is 61.4 Å². The Morgan fingerprint density at radius 1 is 1.14 bits per heavy atom. The van der Waals surface area contributed by atoms with Crippen molar-refractivity contribution in [3.8, 4) is 17.8 Å². The molecule has 1 amide bonds. The molecule has 3 aliphatic rings. The van der Waals surface area contributed by atoms with E-state index in [-0.39, 0.29) is 30.1 Å². The summed E-state index contributed by atoms with van der Waals surface area (Å²) >= 11 is 0. The molecule has 0 bridgehead atoms. The number of nitrogens with zero attached hydrogens (tertiary/aromatic N) is 6. The van der Waals surface area contributed by atoms with Gasteiger partial charge in [0.1, 0.15) is 18.2 Å². The molecule has 1 N–H and O–H groups in total. The Labute approximate surface area is 256 Å². The van der Waals surface area contributed by atoms with Gasteiger partial charge in [0.2, 0.25) is 5.91 Å². The van der Waals surface area contributed by atoms with Gasteiger partial charge in [-0.2, -0.15) is 15.2 Å². The zero-order chi connectivity index (χ0) is 30.5. The molecule has 0 unspecified atom stereocenters. The number of phenolic OH excluding ortho intramolecular Hbond substituents is 1. The molecule has 44 heavy (non-hydrogen) atoms. The molecule has 1 aromatic heterocycles. The van der Waals surface area contributed by atoms with Gasteiger partial charge in [-0.05, 0) is 36.8 Å². The molecule has 0 radical (unpaired) electrons. The summed E-state index contributed by atoms with van der Waals surface area (Å²) in [5, 5.41) is 22.0. The van der Waals surface area contributed by atoms with Crippen molar-refractivity contribution in [2.45, 2.75) is 50.8 Å². The Kier molecular flexibility index (Phi) is 9.07. The number of anilines is 2. The van der Waals surface area contributed by atoms with Crippen LogP contribution in [0, 0.1) is 11.3 Å². The molecule has 10 nitrogen and oxygen atoms in total. The lowest BCUT2D eigenvalue weighted by Gasteiger charge is -2.42. The van der Waals surface area contributed by atoms with Crippen LogP contribution in [0.4, 0.5) is 15.9 Å². The SMILES string of the molecule is N#CC[C@H]1CN(c2nc(OCCCOC3CC3)nc3c2CCN(c2cc(O)cc4ccccc24)C3)CCN1C(=O)/C=C/CF. The van der Waals surface area contributed by atoms with Gasteiger partial charge in [0.15, 0.2) is 0 Å². The number of alkyl halides is 1. The minimum absolute atomic E-state index is 0.154. The number of ether oxygens (including phenoxy) is 2. The lowest BCUT2D eigenvalue weighted by molar-refractivity contribution is -0.128. The number of fused-ring (bicyclic) bond motifs is 2. The van der Waals surface area contributed by atoms with Crippen molar-refractivity contribution < 1.29 is 23.8 Å². The highest BCUT2D eigenvalue weighted by atomic mass is 19.1. The maximum absolute atomic E-state index is 12.7. The van der Waals surface area contributed by atoms with E-state index < -0.39 is 6.67 Å². The van der Waals surface area contributed by atoms with Crippen molar-refractivity contribution in [3.63, 3.8) is 0 Å². The topological polar surface area (TPSA) is 115 Å². The average Bonchev–Trinajstić information content (AvgIpc) is 3.87. The number of carbonyl (C=O) groups is 1. The minimum Gasteiger partial charge on any atom is -0.508 e. The number of hydrogen-bond donors (Lipinski definition) is 1. The van der Waals surface area contributed by atoms with Gasteiger partial charge in [0.25, 0.3) is 0 Å². The van der Waals surface area contributed by atoms with Crippen LogP contribution in [-0.2, 0) is 22.5 Å². The minimum atomic E-state index is -0.716. The average molecular weight is 601 g/mol. The molecule has 2 aliphatic heterocycles. The second kappa shape index (κ2) is 13.5. The molecule has 0 spiro atoms. The molecule has 230 valence electrons. The molecule has 2 aromatic carbocycles. The van der Waals surface area contributed by atoms with E-state index in [0.717, 1.165) is 52.8 Å². The monoisotopic (exact) mass is 600 g/mol. The molecule has 2 fully saturated rings. The zero-order valence-electron chi connectivity index (χ0n) is 24.7. The third-order valence-electron chi connectivity index (χ3n) is 8.33. The Morgan fingerprint density at radius 2 is 2.00 bits per heavy atom. The summed E-state index contributed by atoms with van der Waals surface area (Å²) in [6.07, 6.45) is 6.63. The molecule has 11 heteroatoms. The van der Waals surface area contributed by atoms with Crippen LogP contribution in [0.25, 0.3) is 10.8 Å². The number of phenols is 1. The van der Waals surface area contributed by atoms with Crippen LogP contribution in [0.3, 0.4) is 0 Å². The number of halogens is 1. The molecular formula is C33H37FN6O4. The Balaban J connectivity index is 1.28. The number of carbonyl (C=O) groups excluding carboxylic acids is 1. The number of nitriles is 1. The van der Waals surface area contributed by atoms with Crippen LogP contribution in [0.2, 0.25) is 0 Å². The summed E-state index contributed by atoms with van der Waals surface area (Å²) in [4.78, 5) is 28.5. The smallest absolute Gasteiger partial charge is 0.318 e. The van der Waals surface area contributed by atoms with Gasteiger partial charge in [-0.1, -0.05) is 24.3 Å². The fourth-order valence-corrected chi connectivity index (χ4v) is 6.02. The number of amides is 1. The van der Waals surface area contributed by atoms with E-state index >= 15 is 0 Å². The number of piperazine rings is 1. The van der Waals surface area contributed by atoms with Crippen LogP contribution < -0.4 is 14.5 Å². The van der Waals surface area contributed by atoms with E-state index in [2.05, 4.69) is 21.9 Å². The molecular weight excluding hydrogens is 563 g/mol. The Hall–Kier alpha value is -4.43. The van der Waals surface area contributed by atoms with E-state index in [1.165, 1.54) is 12.2 Å². The highest BCUT2D eigenvalue weighted by molar-refractivity contribution is 5.95.